The molecule has 0 aromatic heterocycles. The molecule has 5 rings (SSSR count). The molecule has 11 heteroatoms. The predicted molar refractivity (Wildman–Crippen MR) is 155 cm³/mol. The van der Waals surface area contributed by atoms with E-state index in [-0.39, 0.29) is 27.1 Å². The van der Waals surface area contributed by atoms with E-state index in [1.165, 1.54) is 42.5 Å². The Balaban J connectivity index is 1.32. The lowest BCUT2D eigenvalue weighted by molar-refractivity contribution is -0.118. The third kappa shape index (κ3) is 6.22. The van der Waals surface area contributed by atoms with Gasteiger partial charge in [0.25, 0.3) is 15.9 Å². The number of halogens is 2. The summed E-state index contributed by atoms with van der Waals surface area (Å²) in [6, 6.07) is 23.5. The zero-order valence-electron chi connectivity index (χ0n) is 20.9. The summed E-state index contributed by atoms with van der Waals surface area (Å²) in [5.41, 5.74) is 1.65. The van der Waals surface area contributed by atoms with Crippen LogP contribution in [0.25, 0.3) is 0 Å². The zero-order valence-corrected chi connectivity index (χ0v) is 23.2. The van der Waals surface area contributed by atoms with Crippen LogP contribution in [0, 0.1) is 0 Å². The lowest BCUT2D eigenvalue weighted by Crippen LogP contribution is -2.43. The first-order valence-electron chi connectivity index (χ1n) is 12.2. The summed E-state index contributed by atoms with van der Waals surface area (Å²) in [5, 5.41) is 6.19. The fourth-order valence-electron chi connectivity index (χ4n) is 4.22. The van der Waals surface area contributed by atoms with E-state index in [1.807, 2.05) is 18.2 Å². The number of amides is 2. The number of sulfonamides is 1. The molecule has 0 spiro atoms. The highest BCUT2D eigenvalue weighted by atomic mass is 35.5. The van der Waals surface area contributed by atoms with Gasteiger partial charge < -0.3 is 15.4 Å². The number of benzene rings is 4. The molecule has 0 aliphatic carbocycles. The normalized spacial score (nSPS) is 14.8. The van der Waals surface area contributed by atoms with Crippen LogP contribution in [0.3, 0.4) is 0 Å². The van der Waals surface area contributed by atoms with Crippen LogP contribution in [0.2, 0.25) is 10.0 Å². The maximum Gasteiger partial charge on any atom is 0.261 e. The lowest BCUT2D eigenvalue weighted by atomic mass is 10.1. The number of para-hydroxylation sites is 2. The van der Waals surface area contributed by atoms with E-state index >= 15 is 0 Å². The average Bonchev–Trinajstić information content (AvgIpc) is 3.09. The van der Waals surface area contributed by atoms with Gasteiger partial charge in [0.2, 0.25) is 5.91 Å². The van der Waals surface area contributed by atoms with Gasteiger partial charge in [-0.2, -0.15) is 0 Å². The van der Waals surface area contributed by atoms with E-state index in [4.69, 9.17) is 27.9 Å². The molecule has 1 aliphatic heterocycles. The van der Waals surface area contributed by atoms with Crippen LogP contribution in [0.4, 0.5) is 11.4 Å². The molecule has 2 amide bonds. The number of carbonyl (C=O) groups excluding carboxylic acids is 2. The number of ether oxygens (including phenoxy) is 1. The molecule has 1 aliphatic rings. The van der Waals surface area contributed by atoms with E-state index in [0.29, 0.717) is 35.1 Å². The molecule has 204 valence electrons. The van der Waals surface area contributed by atoms with Crippen molar-refractivity contribution < 1.29 is 22.7 Å². The minimum absolute atomic E-state index is 0.00982. The second-order valence-corrected chi connectivity index (χ2v) is 11.5. The van der Waals surface area contributed by atoms with E-state index in [9.17, 15) is 18.0 Å². The van der Waals surface area contributed by atoms with E-state index in [2.05, 4.69) is 15.4 Å². The van der Waals surface area contributed by atoms with Crippen molar-refractivity contribution in [2.24, 2.45) is 0 Å². The molecule has 0 unspecified atom stereocenters. The molecule has 3 N–H and O–H groups in total. The molecule has 0 radical (unpaired) electrons. The fraction of sp³-hybridized carbons (Fsp3) is 0.103. The van der Waals surface area contributed by atoms with Crippen molar-refractivity contribution in [3.63, 3.8) is 0 Å². The molecule has 8 nitrogen and oxygen atoms in total. The summed E-state index contributed by atoms with van der Waals surface area (Å²) >= 11 is 12.3. The second-order valence-electron chi connectivity index (χ2n) is 9.01. The van der Waals surface area contributed by atoms with Crippen molar-refractivity contribution in [3.05, 3.63) is 112 Å². The second kappa shape index (κ2) is 11.6. The molecular formula is C29H23Cl2N3O5S. The van der Waals surface area contributed by atoms with Crippen LogP contribution >= 0.6 is 23.2 Å². The van der Waals surface area contributed by atoms with E-state index in [1.54, 1.807) is 30.3 Å². The monoisotopic (exact) mass is 595 g/mol. The Hall–Kier alpha value is -4.05. The molecule has 0 bridgehead atoms. The van der Waals surface area contributed by atoms with Gasteiger partial charge in [0.15, 0.2) is 0 Å². The van der Waals surface area contributed by atoms with Crippen molar-refractivity contribution >= 4 is 56.4 Å². The molecule has 4 aromatic carbocycles. The summed E-state index contributed by atoms with van der Waals surface area (Å²) in [6.45, 7) is 0. The topological polar surface area (TPSA) is 114 Å². The molecule has 0 saturated heterocycles. The number of carbonyl (C=O) groups is 2. The largest absolute Gasteiger partial charge is 0.456 e. The Morgan fingerprint density at radius 1 is 0.925 bits per heavy atom. The minimum Gasteiger partial charge on any atom is -0.456 e. The van der Waals surface area contributed by atoms with Gasteiger partial charge in [0.05, 0.1) is 21.2 Å². The fourth-order valence-corrected chi connectivity index (χ4v) is 5.65. The highest BCUT2D eigenvalue weighted by molar-refractivity contribution is 7.92. The van der Waals surface area contributed by atoms with Crippen molar-refractivity contribution in [1.29, 1.82) is 0 Å². The van der Waals surface area contributed by atoms with Crippen LogP contribution in [-0.2, 0) is 21.2 Å². The van der Waals surface area contributed by atoms with E-state index in [0.717, 1.165) is 5.56 Å². The minimum atomic E-state index is -4.10. The van der Waals surface area contributed by atoms with Crippen LogP contribution in [0.15, 0.2) is 95.9 Å². The van der Waals surface area contributed by atoms with Gasteiger partial charge in [-0.05, 0) is 79.1 Å². The van der Waals surface area contributed by atoms with Gasteiger partial charge in [-0.3, -0.25) is 14.3 Å². The van der Waals surface area contributed by atoms with Gasteiger partial charge >= 0.3 is 0 Å². The van der Waals surface area contributed by atoms with Crippen LogP contribution in [-0.4, -0.2) is 26.3 Å². The van der Waals surface area contributed by atoms with Crippen molar-refractivity contribution in [2.75, 3.05) is 10.0 Å². The summed E-state index contributed by atoms with van der Waals surface area (Å²) < 4.78 is 34.6. The standard InChI is InChI=1S/C29H23Cl2N3O5S/c30-19-10-16-25(22(17-19)28(35)33-26-15-9-18-5-1-3-7-24(18)32-29(26)36)34-40(37,38)21-13-11-20(12-14-21)39-27-8-4-2-6-23(27)31/h1-8,10-14,16-17,26,34H,9,15H2,(H,32,36)(H,33,35)/t26-/m0/s1. The molecule has 1 heterocycles. The number of aryl methyl sites for hydroxylation is 1. The summed E-state index contributed by atoms with van der Waals surface area (Å²) in [7, 11) is -4.10. The maximum absolute atomic E-state index is 13.3. The number of rotatable bonds is 7. The Morgan fingerprint density at radius 2 is 1.65 bits per heavy atom. The highest BCUT2D eigenvalue weighted by Gasteiger charge is 2.27. The number of hydrogen-bond acceptors (Lipinski definition) is 5. The summed E-state index contributed by atoms with van der Waals surface area (Å²) in [5.74, 6) is -0.181. The van der Waals surface area contributed by atoms with Gasteiger partial charge in [0, 0.05) is 10.7 Å². The zero-order chi connectivity index (χ0) is 28.3. The van der Waals surface area contributed by atoms with Crippen molar-refractivity contribution in [2.45, 2.75) is 23.8 Å². The Kier molecular flexibility index (Phi) is 7.97. The number of nitrogens with one attached hydrogen (secondary N) is 3. The van der Waals surface area contributed by atoms with Gasteiger partial charge in [-0.25, -0.2) is 8.42 Å². The number of fused-ring (bicyclic) bond motifs is 1. The number of hydrogen-bond donors (Lipinski definition) is 3. The van der Waals surface area contributed by atoms with Gasteiger partial charge in [-0.15, -0.1) is 0 Å². The first-order chi connectivity index (χ1) is 19.2. The third-order valence-electron chi connectivity index (χ3n) is 6.27. The molecule has 4 aromatic rings. The Morgan fingerprint density at radius 3 is 2.42 bits per heavy atom. The first kappa shape index (κ1) is 27.5. The molecule has 40 heavy (non-hydrogen) atoms. The SMILES string of the molecule is O=C(N[C@H]1CCc2ccccc2NC1=O)c1cc(Cl)ccc1NS(=O)(=O)c1ccc(Oc2ccccc2Cl)cc1. The average molecular weight is 596 g/mol. The highest BCUT2D eigenvalue weighted by Crippen LogP contribution is 2.30. The van der Waals surface area contributed by atoms with Crippen LogP contribution in [0.1, 0.15) is 22.3 Å². The Bertz CT molecular complexity index is 1690. The first-order valence-corrected chi connectivity index (χ1v) is 14.5. The predicted octanol–water partition coefficient (Wildman–Crippen LogP) is 6.27. The van der Waals surface area contributed by atoms with Crippen molar-refractivity contribution in [1.82, 2.24) is 5.32 Å². The third-order valence-corrected chi connectivity index (χ3v) is 8.20. The lowest BCUT2D eigenvalue weighted by Gasteiger charge is -2.18. The van der Waals surface area contributed by atoms with Gasteiger partial charge in [-0.1, -0.05) is 53.5 Å². The quantitative estimate of drug-likeness (QED) is 0.233. The van der Waals surface area contributed by atoms with Gasteiger partial charge in [0.1, 0.15) is 17.5 Å². The smallest absolute Gasteiger partial charge is 0.261 e. The van der Waals surface area contributed by atoms with E-state index < -0.39 is 22.0 Å². The maximum atomic E-state index is 13.3. The molecule has 0 saturated carbocycles. The molecular weight excluding hydrogens is 573 g/mol. The molecule has 0 fully saturated rings. The van der Waals surface area contributed by atoms with Crippen molar-refractivity contribution in [3.8, 4) is 11.5 Å². The summed E-state index contributed by atoms with van der Waals surface area (Å²) in [6.07, 6.45) is 0.948. The molecule has 1 atom stereocenters. The van der Waals surface area contributed by atoms with Crippen LogP contribution < -0.4 is 20.1 Å². The Labute approximate surface area is 241 Å². The summed E-state index contributed by atoms with van der Waals surface area (Å²) in [4.78, 5) is 26.0. The number of anilines is 2. The van der Waals surface area contributed by atoms with Crippen LogP contribution in [0.5, 0.6) is 11.5 Å².